The molecule has 15 heavy (non-hydrogen) atoms. The highest BCUT2D eigenvalue weighted by Crippen LogP contribution is 2.20. The first-order chi connectivity index (χ1) is 7.40. The lowest BCUT2D eigenvalue weighted by Gasteiger charge is -2.04. The van der Waals surface area contributed by atoms with Gasteiger partial charge in [-0.3, -0.25) is 0 Å². The maximum atomic E-state index is 3.04. The van der Waals surface area contributed by atoms with Gasteiger partial charge in [-0.2, -0.15) is 0 Å². The van der Waals surface area contributed by atoms with Gasteiger partial charge < -0.3 is 0 Å². The van der Waals surface area contributed by atoms with E-state index in [4.69, 9.17) is 0 Å². The van der Waals surface area contributed by atoms with Crippen molar-refractivity contribution in [2.24, 2.45) is 0 Å². The van der Waals surface area contributed by atoms with Crippen LogP contribution in [0.25, 0.3) is 11.1 Å². The van der Waals surface area contributed by atoms with Gasteiger partial charge in [0.05, 0.1) is 0 Å². The summed E-state index contributed by atoms with van der Waals surface area (Å²) < 4.78 is 0. The molecular weight excluding hydrogens is 180 g/mol. The van der Waals surface area contributed by atoms with Gasteiger partial charge in [-0.25, -0.2) is 0 Å². The zero-order chi connectivity index (χ0) is 10.5. The van der Waals surface area contributed by atoms with Gasteiger partial charge in [0.1, 0.15) is 0 Å². The van der Waals surface area contributed by atoms with Gasteiger partial charge in [-0.05, 0) is 29.2 Å². The molecular formula is C15H15. The summed E-state index contributed by atoms with van der Waals surface area (Å²) in [5.74, 6) is 0. The molecule has 2 aromatic rings. The molecule has 0 saturated carbocycles. The van der Waals surface area contributed by atoms with E-state index >= 15 is 0 Å². The van der Waals surface area contributed by atoms with Crippen LogP contribution in [0.15, 0.2) is 48.5 Å². The number of hydrogen-bond acceptors (Lipinski definition) is 0. The van der Waals surface area contributed by atoms with Crippen LogP contribution >= 0.6 is 0 Å². The van der Waals surface area contributed by atoms with Gasteiger partial charge in [0.2, 0.25) is 0 Å². The van der Waals surface area contributed by atoms with E-state index in [0.717, 1.165) is 6.42 Å². The van der Waals surface area contributed by atoms with Gasteiger partial charge in [-0.15, -0.1) is 0 Å². The maximum absolute atomic E-state index is 3.04. The maximum Gasteiger partial charge on any atom is -0.0181 e. The van der Waals surface area contributed by atoms with Gasteiger partial charge >= 0.3 is 0 Å². The van der Waals surface area contributed by atoms with Crippen molar-refractivity contribution in [2.45, 2.75) is 19.8 Å². The molecule has 0 saturated heterocycles. The molecule has 0 aromatic heterocycles. The van der Waals surface area contributed by atoms with Crippen molar-refractivity contribution in [3.05, 3.63) is 60.2 Å². The average Bonchev–Trinajstić information content (AvgIpc) is 2.31. The molecule has 0 aliphatic heterocycles. The first-order valence-corrected chi connectivity index (χ1v) is 5.45. The summed E-state index contributed by atoms with van der Waals surface area (Å²) in [6.45, 7) is 2.21. The van der Waals surface area contributed by atoms with Crippen LogP contribution in [0.1, 0.15) is 18.9 Å². The lowest BCUT2D eigenvalue weighted by atomic mass is 10.0. The summed E-state index contributed by atoms with van der Waals surface area (Å²) in [5.41, 5.74) is 3.99. The molecule has 2 aromatic carbocycles. The van der Waals surface area contributed by atoms with E-state index in [1.54, 1.807) is 0 Å². The monoisotopic (exact) mass is 195 g/mol. The van der Waals surface area contributed by atoms with Crippen LogP contribution in [-0.2, 0) is 6.42 Å². The molecule has 0 N–H and O–H groups in total. The second-order valence-electron chi connectivity index (χ2n) is 3.74. The molecule has 0 heterocycles. The third kappa shape index (κ3) is 2.47. The van der Waals surface area contributed by atoms with Crippen LogP contribution in [0.5, 0.6) is 0 Å². The van der Waals surface area contributed by atoms with Gasteiger partial charge in [0, 0.05) is 0 Å². The SMILES string of the molecule is CCCc1cccc(-c2cc[c]cc2)c1. The van der Waals surface area contributed by atoms with Crippen LogP contribution in [0, 0.1) is 6.07 Å². The zero-order valence-electron chi connectivity index (χ0n) is 9.03. The molecule has 2 rings (SSSR count). The Kier molecular flexibility index (Phi) is 3.18. The largest absolute Gasteiger partial charge is 0.0651 e. The Bertz CT molecular complexity index is 415. The number of benzene rings is 2. The van der Waals surface area contributed by atoms with E-state index in [-0.39, 0.29) is 0 Å². The Hall–Kier alpha value is -1.56. The number of aryl methyl sites for hydroxylation is 1. The quantitative estimate of drug-likeness (QED) is 0.691. The molecule has 0 unspecified atom stereocenters. The highest BCUT2D eigenvalue weighted by atomic mass is 14.0. The lowest BCUT2D eigenvalue weighted by Crippen LogP contribution is -1.84. The Morgan fingerprint density at radius 3 is 2.53 bits per heavy atom. The third-order valence-electron chi connectivity index (χ3n) is 2.52. The van der Waals surface area contributed by atoms with E-state index in [0.29, 0.717) is 0 Å². The standard InChI is InChI=1S/C15H15/c1-2-7-13-8-6-11-15(12-13)14-9-4-3-5-10-14/h4-6,8-12H,2,7H2,1H3. The molecule has 75 valence electrons. The fourth-order valence-electron chi connectivity index (χ4n) is 1.77. The normalized spacial score (nSPS) is 10.2. The van der Waals surface area contributed by atoms with Gasteiger partial charge in [0.15, 0.2) is 0 Å². The van der Waals surface area contributed by atoms with Crippen molar-refractivity contribution < 1.29 is 0 Å². The zero-order valence-corrected chi connectivity index (χ0v) is 9.03. The summed E-state index contributed by atoms with van der Waals surface area (Å²) in [7, 11) is 0. The first kappa shape index (κ1) is 9.97. The van der Waals surface area contributed by atoms with E-state index < -0.39 is 0 Å². The molecule has 0 nitrogen and oxygen atoms in total. The highest BCUT2D eigenvalue weighted by Gasteiger charge is 1.97. The minimum absolute atomic E-state index is 1.16. The fourth-order valence-corrected chi connectivity index (χ4v) is 1.77. The fraction of sp³-hybridized carbons (Fsp3) is 0.200. The van der Waals surface area contributed by atoms with E-state index in [1.807, 2.05) is 12.1 Å². The van der Waals surface area contributed by atoms with Crippen LogP contribution in [0.4, 0.5) is 0 Å². The summed E-state index contributed by atoms with van der Waals surface area (Å²) >= 11 is 0. The Morgan fingerprint density at radius 1 is 1.00 bits per heavy atom. The lowest BCUT2D eigenvalue weighted by molar-refractivity contribution is 0.922. The summed E-state index contributed by atoms with van der Waals surface area (Å²) in [5, 5.41) is 0. The van der Waals surface area contributed by atoms with Crippen molar-refractivity contribution in [1.29, 1.82) is 0 Å². The van der Waals surface area contributed by atoms with Crippen LogP contribution < -0.4 is 0 Å². The molecule has 0 spiro atoms. The van der Waals surface area contributed by atoms with E-state index in [9.17, 15) is 0 Å². The van der Waals surface area contributed by atoms with Crippen molar-refractivity contribution in [3.63, 3.8) is 0 Å². The number of rotatable bonds is 3. The molecule has 0 amide bonds. The van der Waals surface area contributed by atoms with Gasteiger partial charge in [-0.1, -0.05) is 61.9 Å². The van der Waals surface area contributed by atoms with Crippen molar-refractivity contribution in [2.75, 3.05) is 0 Å². The molecule has 0 aliphatic rings. The Balaban J connectivity index is 2.33. The van der Waals surface area contributed by atoms with Gasteiger partial charge in [0.25, 0.3) is 0 Å². The van der Waals surface area contributed by atoms with E-state index in [2.05, 4.69) is 49.4 Å². The molecule has 0 atom stereocenters. The first-order valence-electron chi connectivity index (χ1n) is 5.45. The average molecular weight is 195 g/mol. The summed E-state index contributed by atoms with van der Waals surface area (Å²) in [4.78, 5) is 0. The van der Waals surface area contributed by atoms with E-state index in [1.165, 1.54) is 23.1 Å². The molecule has 0 aliphatic carbocycles. The topological polar surface area (TPSA) is 0 Å². The Morgan fingerprint density at radius 2 is 1.80 bits per heavy atom. The molecule has 0 fully saturated rings. The van der Waals surface area contributed by atoms with Crippen LogP contribution in [0.2, 0.25) is 0 Å². The van der Waals surface area contributed by atoms with Crippen LogP contribution in [0.3, 0.4) is 0 Å². The van der Waals surface area contributed by atoms with Crippen LogP contribution in [-0.4, -0.2) is 0 Å². The van der Waals surface area contributed by atoms with Crippen molar-refractivity contribution in [1.82, 2.24) is 0 Å². The Labute approximate surface area is 91.6 Å². The second-order valence-corrected chi connectivity index (χ2v) is 3.74. The third-order valence-corrected chi connectivity index (χ3v) is 2.52. The predicted octanol–water partition coefficient (Wildman–Crippen LogP) is 4.11. The number of hydrogen-bond donors (Lipinski definition) is 0. The van der Waals surface area contributed by atoms with Crippen molar-refractivity contribution in [3.8, 4) is 11.1 Å². The second kappa shape index (κ2) is 4.79. The minimum Gasteiger partial charge on any atom is -0.0651 e. The highest BCUT2D eigenvalue weighted by molar-refractivity contribution is 5.63. The molecule has 0 bridgehead atoms. The summed E-state index contributed by atoms with van der Waals surface area (Å²) in [6, 6.07) is 19.9. The van der Waals surface area contributed by atoms with Crippen molar-refractivity contribution >= 4 is 0 Å². The summed E-state index contributed by atoms with van der Waals surface area (Å²) in [6.07, 6.45) is 2.36. The molecule has 1 radical (unpaired) electrons. The smallest absolute Gasteiger partial charge is 0.0181 e. The minimum atomic E-state index is 1.16. The predicted molar refractivity (Wildman–Crippen MR) is 64.7 cm³/mol. The molecule has 0 heteroatoms.